The normalized spacial score (nSPS) is 10.7. The third kappa shape index (κ3) is 3.68. The summed E-state index contributed by atoms with van der Waals surface area (Å²) in [6.07, 6.45) is 5.08. The third-order valence-corrected chi connectivity index (χ3v) is 2.68. The van der Waals surface area contributed by atoms with E-state index >= 15 is 0 Å². The minimum Gasteiger partial charge on any atom is -0.488 e. The lowest BCUT2D eigenvalue weighted by molar-refractivity contribution is 0.0692. The number of nitrogens with zero attached hydrogens (tertiary/aromatic N) is 1. The molecule has 20 heavy (non-hydrogen) atoms. The molecule has 0 spiro atoms. The predicted octanol–water partition coefficient (Wildman–Crippen LogP) is 3.18. The number of ether oxygens (including phenoxy) is 1. The maximum absolute atomic E-state index is 11.0. The van der Waals surface area contributed by atoms with Crippen molar-refractivity contribution in [1.29, 1.82) is 0 Å². The topological polar surface area (TPSA) is 59.4 Å². The van der Waals surface area contributed by atoms with Gasteiger partial charge in [-0.25, -0.2) is 4.79 Å². The fourth-order valence-electron chi connectivity index (χ4n) is 1.70. The molecular weight excluding hydrogens is 254 g/mol. The molecule has 2 aromatic rings. The second kappa shape index (κ2) is 6.52. The molecule has 1 aromatic heterocycles. The van der Waals surface area contributed by atoms with Crippen LogP contribution in [0.4, 0.5) is 0 Å². The Morgan fingerprint density at radius 1 is 1.35 bits per heavy atom. The Morgan fingerprint density at radius 2 is 2.10 bits per heavy atom. The molecule has 0 radical (unpaired) electrons. The second-order valence-electron chi connectivity index (χ2n) is 4.25. The number of carbonyl (C=O) groups is 1. The molecule has 1 N–H and O–H groups in total. The van der Waals surface area contributed by atoms with E-state index in [4.69, 9.17) is 9.84 Å². The van der Waals surface area contributed by atoms with Gasteiger partial charge in [0.15, 0.2) is 0 Å². The van der Waals surface area contributed by atoms with Gasteiger partial charge in [-0.1, -0.05) is 36.4 Å². The number of rotatable bonds is 5. The van der Waals surface area contributed by atoms with Crippen LogP contribution in [0.2, 0.25) is 0 Å². The van der Waals surface area contributed by atoms with Crippen molar-refractivity contribution in [1.82, 2.24) is 4.98 Å². The van der Waals surface area contributed by atoms with Crippen molar-refractivity contribution in [3.8, 4) is 5.75 Å². The van der Waals surface area contributed by atoms with Crippen LogP contribution in [-0.2, 0) is 0 Å². The Bertz CT molecular complexity index is 621. The fourth-order valence-corrected chi connectivity index (χ4v) is 1.70. The number of aryl methyl sites for hydroxylation is 1. The minimum absolute atomic E-state index is 0.0729. The summed E-state index contributed by atoms with van der Waals surface area (Å²) in [7, 11) is 0. The highest BCUT2D eigenvalue weighted by molar-refractivity contribution is 5.90. The Morgan fingerprint density at radius 3 is 2.80 bits per heavy atom. The zero-order chi connectivity index (χ0) is 14.4. The van der Waals surface area contributed by atoms with Crippen molar-refractivity contribution in [3.05, 3.63) is 65.5 Å². The molecule has 1 heterocycles. The summed E-state index contributed by atoms with van der Waals surface area (Å²) in [6.45, 7) is 2.09. The van der Waals surface area contributed by atoms with Crippen molar-refractivity contribution in [2.75, 3.05) is 6.61 Å². The van der Waals surface area contributed by atoms with Crippen LogP contribution < -0.4 is 4.74 Å². The van der Waals surface area contributed by atoms with E-state index in [2.05, 4.69) is 4.98 Å². The first-order chi connectivity index (χ1) is 9.66. The monoisotopic (exact) mass is 269 g/mol. The van der Waals surface area contributed by atoms with Crippen LogP contribution in [0, 0.1) is 6.92 Å². The molecule has 0 saturated heterocycles. The molecule has 0 bridgehead atoms. The number of carboxylic acids is 1. The summed E-state index contributed by atoms with van der Waals surface area (Å²) >= 11 is 0. The number of hydrogen-bond acceptors (Lipinski definition) is 3. The van der Waals surface area contributed by atoms with Crippen LogP contribution in [0.15, 0.2) is 48.7 Å². The van der Waals surface area contributed by atoms with E-state index in [9.17, 15) is 4.79 Å². The maximum Gasteiger partial charge on any atom is 0.341 e. The number of benzene rings is 1. The Labute approximate surface area is 117 Å². The van der Waals surface area contributed by atoms with Gasteiger partial charge in [-0.15, -0.1) is 0 Å². The Balaban J connectivity index is 2.02. The van der Waals surface area contributed by atoms with Gasteiger partial charge in [0.2, 0.25) is 0 Å². The van der Waals surface area contributed by atoms with Gasteiger partial charge < -0.3 is 9.84 Å². The first-order valence-electron chi connectivity index (χ1n) is 6.21. The molecule has 0 aliphatic carbocycles. The molecular formula is C16H15NO3. The van der Waals surface area contributed by atoms with Gasteiger partial charge in [0.1, 0.15) is 17.9 Å². The lowest BCUT2D eigenvalue weighted by atomic mass is 10.2. The van der Waals surface area contributed by atoms with Crippen LogP contribution in [0.5, 0.6) is 5.75 Å². The molecule has 0 aliphatic heterocycles. The highest BCUT2D eigenvalue weighted by Crippen LogP contribution is 2.18. The molecule has 4 nitrogen and oxygen atoms in total. The van der Waals surface area contributed by atoms with Gasteiger partial charge in [-0.2, -0.15) is 0 Å². The lowest BCUT2D eigenvalue weighted by Gasteiger charge is -2.07. The lowest BCUT2D eigenvalue weighted by Crippen LogP contribution is -2.04. The van der Waals surface area contributed by atoms with Gasteiger partial charge in [-0.3, -0.25) is 4.98 Å². The van der Waals surface area contributed by atoms with Gasteiger partial charge in [0.05, 0.1) is 0 Å². The van der Waals surface area contributed by atoms with Crippen LogP contribution in [0.25, 0.3) is 6.08 Å². The maximum atomic E-state index is 11.0. The van der Waals surface area contributed by atoms with Crippen molar-refractivity contribution < 1.29 is 14.6 Å². The second-order valence-corrected chi connectivity index (χ2v) is 4.25. The summed E-state index contributed by atoms with van der Waals surface area (Å²) in [5.41, 5.74) is 1.86. The van der Waals surface area contributed by atoms with E-state index in [1.807, 2.05) is 42.5 Å². The standard InChI is InChI=1S/C16H15NO3/c1-12-10-15(14(11-17-12)16(18)19)20-9-5-8-13-6-3-2-4-7-13/h2-8,10-11H,9H2,1H3,(H,18,19)/b8-5+. The van der Waals surface area contributed by atoms with Gasteiger partial charge in [-0.05, 0) is 18.6 Å². The van der Waals surface area contributed by atoms with Crippen LogP contribution in [0.3, 0.4) is 0 Å². The molecule has 1 aromatic carbocycles. The quantitative estimate of drug-likeness (QED) is 0.905. The first-order valence-corrected chi connectivity index (χ1v) is 6.21. The largest absolute Gasteiger partial charge is 0.488 e. The van der Waals surface area contributed by atoms with Crippen molar-refractivity contribution >= 4 is 12.0 Å². The summed E-state index contributed by atoms with van der Waals surface area (Å²) in [4.78, 5) is 15.0. The van der Waals surface area contributed by atoms with E-state index in [0.717, 1.165) is 11.3 Å². The van der Waals surface area contributed by atoms with E-state index in [-0.39, 0.29) is 5.56 Å². The fraction of sp³-hybridized carbons (Fsp3) is 0.125. The van der Waals surface area contributed by atoms with Crippen LogP contribution in [0.1, 0.15) is 21.6 Å². The van der Waals surface area contributed by atoms with Gasteiger partial charge in [0, 0.05) is 18.0 Å². The van der Waals surface area contributed by atoms with E-state index in [1.165, 1.54) is 6.20 Å². The van der Waals surface area contributed by atoms with Crippen molar-refractivity contribution in [3.63, 3.8) is 0 Å². The van der Waals surface area contributed by atoms with Crippen LogP contribution >= 0.6 is 0 Å². The van der Waals surface area contributed by atoms with Crippen LogP contribution in [-0.4, -0.2) is 22.7 Å². The highest BCUT2D eigenvalue weighted by Gasteiger charge is 2.11. The number of aromatic carboxylic acids is 1. The van der Waals surface area contributed by atoms with Gasteiger partial charge in [0.25, 0.3) is 0 Å². The van der Waals surface area contributed by atoms with E-state index in [1.54, 1.807) is 13.0 Å². The third-order valence-electron chi connectivity index (χ3n) is 2.68. The predicted molar refractivity (Wildman–Crippen MR) is 76.9 cm³/mol. The molecule has 4 heteroatoms. The summed E-state index contributed by atoms with van der Waals surface area (Å²) < 4.78 is 5.49. The first kappa shape index (κ1) is 13.8. The molecule has 0 aliphatic rings. The summed E-state index contributed by atoms with van der Waals surface area (Å²) in [5, 5.41) is 9.05. The molecule has 0 saturated carbocycles. The van der Waals surface area contributed by atoms with Gasteiger partial charge >= 0.3 is 5.97 Å². The van der Waals surface area contributed by atoms with E-state index < -0.39 is 5.97 Å². The SMILES string of the molecule is Cc1cc(OC/C=C/c2ccccc2)c(C(=O)O)cn1. The molecule has 102 valence electrons. The molecule has 0 fully saturated rings. The number of pyridine rings is 1. The van der Waals surface area contributed by atoms with Crippen molar-refractivity contribution in [2.24, 2.45) is 0 Å². The van der Waals surface area contributed by atoms with E-state index in [0.29, 0.717) is 12.4 Å². The number of carboxylic acid groups (broad SMARTS) is 1. The smallest absolute Gasteiger partial charge is 0.341 e. The molecule has 0 unspecified atom stereocenters. The highest BCUT2D eigenvalue weighted by atomic mass is 16.5. The zero-order valence-electron chi connectivity index (χ0n) is 11.1. The molecule has 0 amide bonds. The average Bonchev–Trinajstić information content (AvgIpc) is 2.44. The number of hydrogen-bond donors (Lipinski definition) is 1. The van der Waals surface area contributed by atoms with Crippen molar-refractivity contribution in [2.45, 2.75) is 6.92 Å². The zero-order valence-corrected chi connectivity index (χ0v) is 11.1. The Kier molecular flexibility index (Phi) is 4.50. The Hall–Kier alpha value is -2.62. The molecule has 2 rings (SSSR count). The number of aromatic nitrogens is 1. The molecule has 0 atom stereocenters. The minimum atomic E-state index is -1.04. The summed E-state index contributed by atoms with van der Waals surface area (Å²) in [6, 6.07) is 11.4. The summed E-state index contributed by atoms with van der Waals surface area (Å²) in [5.74, 6) is -0.706. The average molecular weight is 269 g/mol.